The van der Waals surface area contributed by atoms with Gasteiger partial charge in [-0.1, -0.05) is 12.5 Å². The molecule has 22 heavy (non-hydrogen) atoms. The first-order valence-corrected chi connectivity index (χ1v) is 8.56. The molecule has 2 saturated heterocycles. The lowest BCUT2D eigenvalue weighted by Gasteiger charge is -2.37. The molecule has 3 rings (SSSR count). The first-order valence-electron chi connectivity index (χ1n) is 8.56. The van der Waals surface area contributed by atoms with Crippen LogP contribution >= 0.6 is 0 Å². The highest BCUT2D eigenvalue weighted by molar-refractivity contribution is 5.38. The molecule has 0 bridgehead atoms. The van der Waals surface area contributed by atoms with E-state index >= 15 is 0 Å². The molecule has 1 aromatic rings. The molecule has 0 spiro atoms. The smallest absolute Gasteiger partial charge is 0.127 e. The zero-order chi connectivity index (χ0) is 15.2. The van der Waals surface area contributed by atoms with Crippen LogP contribution in [0.3, 0.4) is 0 Å². The van der Waals surface area contributed by atoms with Gasteiger partial charge in [-0.2, -0.15) is 0 Å². The first-order chi connectivity index (χ1) is 10.8. The Hall–Kier alpha value is -1.17. The van der Waals surface area contributed by atoms with Gasteiger partial charge in [0.2, 0.25) is 0 Å². The van der Waals surface area contributed by atoms with Gasteiger partial charge in [0.25, 0.3) is 0 Å². The lowest BCUT2D eigenvalue weighted by atomic mass is 9.98. The predicted octanol–water partition coefficient (Wildman–Crippen LogP) is 1.74. The second kappa shape index (κ2) is 7.90. The van der Waals surface area contributed by atoms with Crippen molar-refractivity contribution >= 4 is 5.82 Å². The van der Waals surface area contributed by atoms with Crippen LogP contribution in [0.5, 0.6) is 0 Å². The Morgan fingerprint density at radius 3 is 2.91 bits per heavy atom. The number of morpholine rings is 1. The first kappa shape index (κ1) is 15.7. The number of rotatable bonds is 5. The molecule has 5 nitrogen and oxygen atoms in total. The molecule has 5 heteroatoms. The van der Waals surface area contributed by atoms with Gasteiger partial charge in [0.15, 0.2) is 0 Å². The van der Waals surface area contributed by atoms with Crippen molar-refractivity contribution in [3.8, 4) is 0 Å². The molecular weight excluding hydrogens is 276 g/mol. The zero-order valence-corrected chi connectivity index (χ0v) is 13.4. The number of hydrogen-bond donors (Lipinski definition) is 1. The standard InChI is InChI=1S/C17H28N4O/c18-17-15(4-3-7-19-17)14-21-8-2-1-5-16(21)6-9-20-10-12-22-13-11-20/h3-4,7,16H,1-2,5-6,8-14H2,(H2,18,19)/t16-/m1/s1. The lowest BCUT2D eigenvalue weighted by Crippen LogP contribution is -2.43. The SMILES string of the molecule is Nc1ncccc1CN1CCCC[C@@H]1CCN1CCOCC1. The molecule has 1 aromatic heterocycles. The average Bonchev–Trinajstić information content (AvgIpc) is 2.57. The van der Waals surface area contributed by atoms with E-state index in [1.54, 1.807) is 6.20 Å². The lowest BCUT2D eigenvalue weighted by molar-refractivity contribution is 0.0302. The predicted molar refractivity (Wildman–Crippen MR) is 88.6 cm³/mol. The summed E-state index contributed by atoms with van der Waals surface area (Å²) in [5.74, 6) is 0.681. The van der Waals surface area contributed by atoms with Gasteiger partial charge in [-0.05, 0) is 38.4 Å². The van der Waals surface area contributed by atoms with Gasteiger partial charge in [-0.15, -0.1) is 0 Å². The van der Waals surface area contributed by atoms with Gasteiger partial charge in [0.1, 0.15) is 5.82 Å². The summed E-state index contributed by atoms with van der Waals surface area (Å²) in [6, 6.07) is 4.77. The van der Waals surface area contributed by atoms with Crippen molar-refractivity contribution < 1.29 is 4.74 Å². The number of nitrogens with zero attached hydrogens (tertiary/aromatic N) is 3. The van der Waals surface area contributed by atoms with Crippen LogP contribution in [0, 0.1) is 0 Å². The van der Waals surface area contributed by atoms with E-state index in [1.807, 2.05) is 6.07 Å². The van der Waals surface area contributed by atoms with Gasteiger partial charge in [-0.25, -0.2) is 4.98 Å². The van der Waals surface area contributed by atoms with Gasteiger partial charge in [-0.3, -0.25) is 9.80 Å². The summed E-state index contributed by atoms with van der Waals surface area (Å²) >= 11 is 0. The van der Waals surface area contributed by atoms with Crippen molar-refractivity contribution in [2.75, 3.05) is 45.1 Å². The van der Waals surface area contributed by atoms with Crippen molar-refractivity contribution in [3.63, 3.8) is 0 Å². The molecule has 122 valence electrons. The highest BCUT2D eigenvalue weighted by Gasteiger charge is 2.24. The second-order valence-corrected chi connectivity index (χ2v) is 6.41. The molecule has 1 atom stereocenters. The van der Waals surface area contributed by atoms with E-state index in [-0.39, 0.29) is 0 Å². The van der Waals surface area contributed by atoms with E-state index < -0.39 is 0 Å². The monoisotopic (exact) mass is 304 g/mol. The van der Waals surface area contributed by atoms with Crippen LogP contribution in [0.4, 0.5) is 5.82 Å². The number of nitrogen functional groups attached to an aromatic ring is 1. The Labute approximate surface area is 133 Å². The molecule has 2 N–H and O–H groups in total. The molecule has 0 saturated carbocycles. The Bertz CT molecular complexity index is 462. The number of pyridine rings is 1. The van der Waals surface area contributed by atoms with Crippen molar-refractivity contribution in [2.45, 2.75) is 38.3 Å². The van der Waals surface area contributed by atoms with Crippen molar-refractivity contribution in [1.29, 1.82) is 0 Å². The molecule has 0 unspecified atom stereocenters. The highest BCUT2D eigenvalue weighted by atomic mass is 16.5. The summed E-state index contributed by atoms with van der Waals surface area (Å²) in [7, 11) is 0. The Morgan fingerprint density at radius 1 is 1.23 bits per heavy atom. The molecular formula is C17H28N4O. The number of hydrogen-bond acceptors (Lipinski definition) is 5. The Balaban J connectivity index is 1.55. The number of anilines is 1. The average molecular weight is 304 g/mol. The Morgan fingerprint density at radius 2 is 2.09 bits per heavy atom. The molecule has 0 amide bonds. The maximum Gasteiger partial charge on any atom is 0.127 e. The topological polar surface area (TPSA) is 54.6 Å². The summed E-state index contributed by atoms with van der Waals surface area (Å²) in [5.41, 5.74) is 7.18. The number of aromatic nitrogens is 1. The maximum atomic E-state index is 6.01. The van der Waals surface area contributed by atoms with Gasteiger partial charge < -0.3 is 10.5 Å². The third-order valence-corrected chi connectivity index (χ3v) is 4.93. The van der Waals surface area contributed by atoms with Crippen LogP contribution in [0.2, 0.25) is 0 Å². The van der Waals surface area contributed by atoms with E-state index in [4.69, 9.17) is 10.5 Å². The molecule has 0 aromatic carbocycles. The van der Waals surface area contributed by atoms with Gasteiger partial charge >= 0.3 is 0 Å². The zero-order valence-electron chi connectivity index (χ0n) is 13.4. The number of likely N-dealkylation sites (tertiary alicyclic amines) is 1. The van der Waals surface area contributed by atoms with Crippen molar-refractivity contribution in [1.82, 2.24) is 14.8 Å². The third-order valence-electron chi connectivity index (χ3n) is 4.93. The number of nitrogens with two attached hydrogens (primary N) is 1. The van der Waals surface area contributed by atoms with Crippen LogP contribution in [0.25, 0.3) is 0 Å². The van der Waals surface area contributed by atoms with Crippen LogP contribution in [-0.4, -0.2) is 60.2 Å². The minimum atomic E-state index is 0.677. The molecule has 3 heterocycles. The highest BCUT2D eigenvalue weighted by Crippen LogP contribution is 2.23. The van der Waals surface area contributed by atoms with Crippen LogP contribution in [0.1, 0.15) is 31.2 Å². The largest absolute Gasteiger partial charge is 0.383 e. The fourth-order valence-electron chi connectivity index (χ4n) is 3.55. The fraction of sp³-hybridized carbons (Fsp3) is 0.706. The summed E-state index contributed by atoms with van der Waals surface area (Å²) < 4.78 is 5.43. The van der Waals surface area contributed by atoms with Gasteiger partial charge in [0, 0.05) is 37.4 Å². The molecule has 2 aliphatic heterocycles. The van der Waals surface area contributed by atoms with Crippen LogP contribution in [0.15, 0.2) is 18.3 Å². The van der Waals surface area contributed by atoms with Crippen LogP contribution < -0.4 is 5.73 Å². The summed E-state index contributed by atoms with van der Waals surface area (Å²) in [5, 5.41) is 0. The minimum Gasteiger partial charge on any atom is -0.383 e. The summed E-state index contributed by atoms with van der Waals surface area (Å²) in [4.78, 5) is 9.36. The maximum absolute atomic E-state index is 6.01. The quantitative estimate of drug-likeness (QED) is 0.898. The van der Waals surface area contributed by atoms with Crippen molar-refractivity contribution in [3.05, 3.63) is 23.9 Å². The normalized spacial score (nSPS) is 24.5. The number of piperidine rings is 1. The molecule has 2 aliphatic rings. The van der Waals surface area contributed by atoms with E-state index in [2.05, 4.69) is 20.9 Å². The van der Waals surface area contributed by atoms with E-state index in [9.17, 15) is 0 Å². The van der Waals surface area contributed by atoms with Crippen molar-refractivity contribution in [2.24, 2.45) is 0 Å². The minimum absolute atomic E-state index is 0.677. The Kier molecular flexibility index (Phi) is 5.64. The van der Waals surface area contributed by atoms with E-state index in [0.717, 1.165) is 32.8 Å². The fourth-order valence-corrected chi connectivity index (χ4v) is 3.55. The van der Waals surface area contributed by atoms with Gasteiger partial charge in [0.05, 0.1) is 13.2 Å². The van der Waals surface area contributed by atoms with E-state index in [1.165, 1.54) is 44.3 Å². The second-order valence-electron chi connectivity index (χ2n) is 6.41. The summed E-state index contributed by atoms with van der Waals surface area (Å²) in [6.45, 7) is 7.26. The molecule has 2 fully saturated rings. The number of ether oxygens (including phenoxy) is 1. The molecule has 0 aliphatic carbocycles. The molecule has 0 radical (unpaired) electrons. The van der Waals surface area contributed by atoms with E-state index in [0.29, 0.717) is 11.9 Å². The summed E-state index contributed by atoms with van der Waals surface area (Å²) in [6.07, 6.45) is 6.98. The van der Waals surface area contributed by atoms with Crippen LogP contribution in [-0.2, 0) is 11.3 Å². The third kappa shape index (κ3) is 4.18.